The molecule has 98 valence electrons. The molecule has 0 unspecified atom stereocenters. The van der Waals surface area contributed by atoms with Crippen LogP contribution in [0.4, 0.5) is 5.69 Å². The summed E-state index contributed by atoms with van der Waals surface area (Å²) in [5.74, 6) is 0.426. The van der Waals surface area contributed by atoms with Crippen LogP contribution in [0.1, 0.15) is 37.7 Å². The first-order chi connectivity index (χ1) is 8.74. The molecule has 0 aromatic heterocycles. The Balaban J connectivity index is 1.74. The van der Waals surface area contributed by atoms with Gasteiger partial charge in [0.25, 0.3) is 0 Å². The summed E-state index contributed by atoms with van der Waals surface area (Å²) in [5.41, 5.74) is 7.28. The molecule has 1 aliphatic rings. The molecular formula is C15H21NO2. The van der Waals surface area contributed by atoms with Gasteiger partial charge in [0.1, 0.15) is 0 Å². The van der Waals surface area contributed by atoms with Crippen LogP contribution in [0.5, 0.6) is 0 Å². The van der Waals surface area contributed by atoms with Gasteiger partial charge in [0.05, 0.1) is 13.0 Å². The smallest absolute Gasteiger partial charge is 0.310 e. The van der Waals surface area contributed by atoms with Gasteiger partial charge >= 0.3 is 5.97 Å². The molecular weight excluding hydrogens is 226 g/mol. The lowest BCUT2D eigenvalue weighted by molar-refractivity contribution is -0.144. The molecule has 1 aliphatic carbocycles. The zero-order chi connectivity index (χ0) is 12.8. The van der Waals surface area contributed by atoms with Crippen LogP contribution >= 0.6 is 0 Å². The van der Waals surface area contributed by atoms with Gasteiger partial charge < -0.3 is 10.5 Å². The Kier molecular flexibility index (Phi) is 4.62. The molecule has 0 spiro atoms. The third-order valence-corrected chi connectivity index (χ3v) is 3.50. The lowest BCUT2D eigenvalue weighted by Crippen LogP contribution is -2.17. The molecule has 0 radical (unpaired) electrons. The Hall–Kier alpha value is -1.51. The first-order valence-electron chi connectivity index (χ1n) is 6.74. The summed E-state index contributed by atoms with van der Waals surface area (Å²) in [6, 6.07) is 7.40. The number of hydrogen-bond acceptors (Lipinski definition) is 3. The molecule has 0 bridgehead atoms. The van der Waals surface area contributed by atoms with Crippen LogP contribution in [-0.2, 0) is 16.0 Å². The van der Waals surface area contributed by atoms with Gasteiger partial charge in [-0.15, -0.1) is 0 Å². The molecule has 1 aromatic carbocycles. The molecule has 3 heteroatoms. The number of hydrogen-bond donors (Lipinski definition) is 1. The molecule has 2 rings (SSSR count). The molecule has 1 aromatic rings. The normalized spacial score (nSPS) is 16.4. The fraction of sp³-hybridized carbons (Fsp3) is 0.533. The zero-order valence-electron chi connectivity index (χ0n) is 10.7. The van der Waals surface area contributed by atoms with Gasteiger partial charge in [-0.2, -0.15) is 0 Å². The number of nitrogen functional groups attached to an aromatic ring is 1. The monoisotopic (exact) mass is 247 g/mol. The van der Waals surface area contributed by atoms with E-state index in [1.54, 1.807) is 0 Å². The Labute approximate surface area is 108 Å². The van der Waals surface area contributed by atoms with E-state index in [0.29, 0.717) is 24.6 Å². The second-order valence-electron chi connectivity index (χ2n) is 5.11. The SMILES string of the molecule is Nc1cccc(CC(=O)OCC2CCCCC2)c1. The van der Waals surface area contributed by atoms with Crippen molar-refractivity contribution in [3.05, 3.63) is 29.8 Å². The average molecular weight is 247 g/mol. The summed E-state index contributed by atoms with van der Waals surface area (Å²) >= 11 is 0. The number of carbonyl (C=O) groups excluding carboxylic acids is 1. The van der Waals surface area contributed by atoms with Crippen LogP contribution in [0.25, 0.3) is 0 Å². The number of esters is 1. The Morgan fingerprint density at radius 3 is 2.78 bits per heavy atom. The molecule has 3 nitrogen and oxygen atoms in total. The lowest BCUT2D eigenvalue weighted by Gasteiger charge is -2.21. The molecule has 18 heavy (non-hydrogen) atoms. The Bertz CT molecular complexity index is 397. The first-order valence-corrected chi connectivity index (χ1v) is 6.74. The van der Waals surface area contributed by atoms with Gasteiger partial charge in [-0.05, 0) is 36.5 Å². The van der Waals surface area contributed by atoms with E-state index in [2.05, 4.69) is 0 Å². The lowest BCUT2D eigenvalue weighted by atomic mass is 9.90. The summed E-state index contributed by atoms with van der Waals surface area (Å²) in [6.07, 6.45) is 6.59. The van der Waals surface area contributed by atoms with Crippen molar-refractivity contribution in [2.75, 3.05) is 12.3 Å². The standard InChI is InChI=1S/C15H21NO2/c16-14-8-4-7-13(9-14)10-15(17)18-11-12-5-2-1-3-6-12/h4,7-9,12H,1-3,5-6,10-11,16H2. The van der Waals surface area contributed by atoms with Gasteiger partial charge in [-0.25, -0.2) is 0 Å². The minimum Gasteiger partial charge on any atom is -0.465 e. The third-order valence-electron chi connectivity index (χ3n) is 3.50. The van der Waals surface area contributed by atoms with Crippen LogP contribution < -0.4 is 5.73 Å². The van der Waals surface area contributed by atoms with Crippen molar-refractivity contribution >= 4 is 11.7 Å². The second-order valence-corrected chi connectivity index (χ2v) is 5.11. The summed E-state index contributed by atoms with van der Waals surface area (Å²) < 4.78 is 5.35. The topological polar surface area (TPSA) is 52.3 Å². The molecule has 0 heterocycles. The van der Waals surface area contributed by atoms with Crippen molar-refractivity contribution in [1.82, 2.24) is 0 Å². The van der Waals surface area contributed by atoms with Crippen LogP contribution in [0.3, 0.4) is 0 Å². The highest BCUT2D eigenvalue weighted by Crippen LogP contribution is 2.23. The van der Waals surface area contributed by atoms with E-state index >= 15 is 0 Å². The largest absolute Gasteiger partial charge is 0.465 e. The first kappa shape index (κ1) is 12.9. The van der Waals surface area contributed by atoms with E-state index in [1.807, 2.05) is 24.3 Å². The summed E-state index contributed by atoms with van der Waals surface area (Å²) in [6.45, 7) is 0.584. The highest BCUT2D eigenvalue weighted by atomic mass is 16.5. The third kappa shape index (κ3) is 4.06. The summed E-state index contributed by atoms with van der Waals surface area (Å²) in [4.78, 5) is 11.7. The maximum Gasteiger partial charge on any atom is 0.310 e. The number of benzene rings is 1. The fourth-order valence-electron chi connectivity index (χ4n) is 2.49. The van der Waals surface area contributed by atoms with Gasteiger partial charge in [0.15, 0.2) is 0 Å². The van der Waals surface area contributed by atoms with Gasteiger partial charge in [0, 0.05) is 5.69 Å². The zero-order valence-corrected chi connectivity index (χ0v) is 10.7. The Morgan fingerprint density at radius 2 is 2.06 bits per heavy atom. The highest BCUT2D eigenvalue weighted by molar-refractivity contribution is 5.73. The van der Waals surface area contributed by atoms with Crippen LogP contribution in [0.15, 0.2) is 24.3 Å². The van der Waals surface area contributed by atoms with E-state index in [0.717, 1.165) is 5.56 Å². The van der Waals surface area contributed by atoms with Crippen molar-refractivity contribution in [2.45, 2.75) is 38.5 Å². The molecule has 1 fully saturated rings. The summed E-state index contributed by atoms with van der Waals surface area (Å²) in [5, 5.41) is 0. The molecule has 0 aliphatic heterocycles. The minimum absolute atomic E-state index is 0.147. The highest BCUT2D eigenvalue weighted by Gasteiger charge is 2.15. The van der Waals surface area contributed by atoms with Crippen LogP contribution in [0, 0.1) is 5.92 Å². The predicted octanol–water partition coefficient (Wildman–Crippen LogP) is 2.93. The maximum absolute atomic E-state index is 11.7. The van der Waals surface area contributed by atoms with E-state index < -0.39 is 0 Å². The van der Waals surface area contributed by atoms with Gasteiger partial charge in [0.2, 0.25) is 0 Å². The van der Waals surface area contributed by atoms with E-state index in [-0.39, 0.29) is 5.97 Å². The van der Waals surface area contributed by atoms with E-state index in [1.165, 1.54) is 32.1 Å². The Morgan fingerprint density at radius 1 is 1.28 bits per heavy atom. The van der Waals surface area contributed by atoms with Crippen molar-refractivity contribution in [3.63, 3.8) is 0 Å². The number of anilines is 1. The maximum atomic E-state index is 11.7. The summed E-state index contributed by atoms with van der Waals surface area (Å²) in [7, 11) is 0. The predicted molar refractivity (Wildman–Crippen MR) is 72.1 cm³/mol. The molecule has 0 amide bonds. The average Bonchev–Trinajstić information content (AvgIpc) is 2.38. The van der Waals surface area contributed by atoms with Crippen molar-refractivity contribution in [1.29, 1.82) is 0 Å². The van der Waals surface area contributed by atoms with Crippen molar-refractivity contribution in [2.24, 2.45) is 5.92 Å². The van der Waals surface area contributed by atoms with Crippen LogP contribution in [-0.4, -0.2) is 12.6 Å². The van der Waals surface area contributed by atoms with E-state index in [9.17, 15) is 4.79 Å². The van der Waals surface area contributed by atoms with Gasteiger partial charge in [-0.1, -0.05) is 31.4 Å². The van der Waals surface area contributed by atoms with E-state index in [4.69, 9.17) is 10.5 Å². The van der Waals surface area contributed by atoms with Crippen LogP contribution in [0.2, 0.25) is 0 Å². The molecule has 0 saturated heterocycles. The number of carbonyl (C=O) groups is 1. The molecule has 2 N–H and O–H groups in total. The second kappa shape index (κ2) is 6.43. The fourth-order valence-corrected chi connectivity index (χ4v) is 2.49. The number of nitrogens with two attached hydrogens (primary N) is 1. The quantitative estimate of drug-likeness (QED) is 0.657. The van der Waals surface area contributed by atoms with Crippen molar-refractivity contribution in [3.8, 4) is 0 Å². The molecule has 1 saturated carbocycles. The van der Waals surface area contributed by atoms with Crippen molar-refractivity contribution < 1.29 is 9.53 Å². The molecule has 0 atom stereocenters. The number of rotatable bonds is 4. The van der Waals surface area contributed by atoms with Gasteiger partial charge in [-0.3, -0.25) is 4.79 Å². The minimum atomic E-state index is -0.147. The number of ether oxygens (including phenoxy) is 1.